The molecule has 1 saturated carbocycles. The van der Waals surface area contributed by atoms with E-state index in [1.165, 1.54) is 17.0 Å². The van der Waals surface area contributed by atoms with E-state index in [9.17, 15) is 18.0 Å². The molecule has 0 unspecified atom stereocenters. The van der Waals surface area contributed by atoms with Gasteiger partial charge in [-0.05, 0) is 74.9 Å². The van der Waals surface area contributed by atoms with Crippen molar-refractivity contribution in [2.75, 3.05) is 17.1 Å². The van der Waals surface area contributed by atoms with Crippen LogP contribution in [0.25, 0.3) is 0 Å². The van der Waals surface area contributed by atoms with Crippen LogP contribution >= 0.6 is 15.9 Å². The second-order valence-corrected chi connectivity index (χ2v) is 13.1. The summed E-state index contributed by atoms with van der Waals surface area (Å²) in [6, 6.07) is 12.8. The first-order valence-electron chi connectivity index (χ1n) is 13.4. The van der Waals surface area contributed by atoms with E-state index in [1.807, 2.05) is 50.2 Å². The van der Waals surface area contributed by atoms with E-state index in [-0.39, 0.29) is 30.8 Å². The molecular formula is C29H40BrN3O4S. The number of anilines is 1. The third-order valence-electron chi connectivity index (χ3n) is 7.38. The van der Waals surface area contributed by atoms with Crippen LogP contribution < -0.4 is 9.62 Å². The van der Waals surface area contributed by atoms with Crippen LogP contribution in [0.1, 0.15) is 68.6 Å². The maximum atomic E-state index is 13.5. The SMILES string of the molecule is Cc1cccc(N(CCCC(=O)N(Cc2ccc(Br)cc2)[C@@H](C)C(=O)NC2CCCCC2)S(C)(=O)=O)c1C. The van der Waals surface area contributed by atoms with Gasteiger partial charge < -0.3 is 10.2 Å². The molecule has 1 fully saturated rings. The normalized spacial score (nSPS) is 15.1. The molecule has 1 N–H and O–H groups in total. The van der Waals surface area contributed by atoms with Gasteiger partial charge in [0.2, 0.25) is 21.8 Å². The highest BCUT2D eigenvalue weighted by atomic mass is 79.9. The molecule has 0 spiro atoms. The Morgan fingerprint density at radius 2 is 1.71 bits per heavy atom. The van der Waals surface area contributed by atoms with Gasteiger partial charge in [0.05, 0.1) is 11.9 Å². The van der Waals surface area contributed by atoms with E-state index in [2.05, 4.69) is 21.2 Å². The van der Waals surface area contributed by atoms with E-state index in [1.54, 1.807) is 17.9 Å². The maximum absolute atomic E-state index is 13.5. The molecule has 2 amide bonds. The molecule has 1 aliphatic rings. The first-order valence-corrected chi connectivity index (χ1v) is 16.0. The van der Waals surface area contributed by atoms with Gasteiger partial charge in [0.25, 0.3) is 0 Å². The fraction of sp³-hybridized carbons (Fsp3) is 0.517. The molecule has 0 radical (unpaired) electrons. The molecule has 3 rings (SSSR count). The number of nitrogens with zero attached hydrogens (tertiary/aromatic N) is 2. The predicted molar refractivity (Wildman–Crippen MR) is 157 cm³/mol. The summed E-state index contributed by atoms with van der Waals surface area (Å²) in [4.78, 5) is 28.3. The van der Waals surface area contributed by atoms with Gasteiger partial charge in [0, 0.05) is 30.0 Å². The van der Waals surface area contributed by atoms with Crippen LogP contribution in [-0.4, -0.2) is 50.0 Å². The Kier molecular flexibility index (Phi) is 10.8. The van der Waals surface area contributed by atoms with Crippen molar-refractivity contribution in [3.63, 3.8) is 0 Å². The molecule has 0 aromatic heterocycles. The fourth-order valence-corrected chi connectivity index (χ4v) is 6.21. The number of sulfonamides is 1. The maximum Gasteiger partial charge on any atom is 0.242 e. The van der Waals surface area contributed by atoms with E-state index in [0.29, 0.717) is 18.7 Å². The lowest BCUT2D eigenvalue weighted by atomic mass is 9.95. The van der Waals surface area contributed by atoms with Crippen molar-refractivity contribution >= 4 is 43.5 Å². The third-order valence-corrected chi connectivity index (χ3v) is 9.09. The summed E-state index contributed by atoms with van der Waals surface area (Å²) in [6.07, 6.45) is 7.02. The van der Waals surface area contributed by atoms with Crippen LogP contribution in [0.3, 0.4) is 0 Å². The van der Waals surface area contributed by atoms with E-state index >= 15 is 0 Å². The highest BCUT2D eigenvalue weighted by Crippen LogP contribution is 2.26. The topological polar surface area (TPSA) is 86.8 Å². The number of hydrogen-bond acceptors (Lipinski definition) is 4. The number of nitrogens with one attached hydrogen (secondary N) is 1. The molecular weight excluding hydrogens is 566 g/mol. The zero-order valence-corrected chi connectivity index (χ0v) is 25.3. The Labute approximate surface area is 236 Å². The van der Waals surface area contributed by atoms with Crippen LogP contribution in [0.2, 0.25) is 0 Å². The predicted octanol–water partition coefficient (Wildman–Crippen LogP) is 5.48. The molecule has 9 heteroatoms. The average Bonchev–Trinajstić information content (AvgIpc) is 2.87. The highest BCUT2D eigenvalue weighted by molar-refractivity contribution is 9.10. The highest BCUT2D eigenvalue weighted by Gasteiger charge is 2.28. The molecule has 1 atom stereocenters. The van der Waals surface area contributed by atoms with Gasteiger partial charge in [0.15, 0.2) is 0 Å². The molecule has 0 bridgehead atoms. The monoisotopic (exact) mass is 605 g/mol. The largest absolute Gasteiger partial charge is 0.352 e. The molecule has 38 heavy (non-hydrogen) atoms. The fourth-order valence-electron chi connectivity index (χ4n) is 4.93. The number of halogens is 1. The smallest absolute Gasteiger partial charge is 0.242 e. The number of carbonyl (C=O) groups excluding carboxylic acids is 2. The number of hydrogen-bond donors (Lipinski definition) is 1. The summed E-state index contributed by atoms with van der Waals surface area (Å²) in [5.41, 5.74) is 3.46. The molecule has 0 saturated heterocycles. The van der Waals surface area contributed by atoms with E-state index in [0.717, 1.165) is 46.8 Å². The van der Waals surface area contributed by atoms with Crippen molar-refractivity contribution in [2.24, 2.45) is 0 Å². The Hall–Kier alpha value is -2.39. The summed E-state index contributed by atoms with van der Waals surface area (Å²) < 4.78 is 27.6. The lowest BCUT2D eigenvalue weighted by Gasteiger charge is -2.31. The average molecular weight is 607 g/mol. The minimum Gasteiger partial charge on any atom is -0.352 e. The van der Waals surface area contributed by atoms with Crippen LogP contribution in [0.5, 0.6) is 0 Å². The van der Waals surface area contributed by atoms with Gasteiger partial charge in [-0.15, -0.1) is 0 Å². The van der Waals surface area contributed by atoms with Gasteiger partial charge in [-0.25, -0.2) is 8.42 Å². The second-order valence-electron chi connectivity index (χ2n) is 10.3. The molecule has 1 aliphatic carbocycles. The van der Waals surface area contributed by atoms with Crippen LogP contribution in [0, 0.1) is 13.8 Å². The van der Waals surface area contributed by atoms with Crippen molar-refractivity contribution in [1.82, 2.24) is 10.2 Å². The van der Waals surface area contributed by atoms with Crippen molar-refractivity contribution in [2.45, 2.75) is 84.3 Å². The van der Waals surface area contributed by atoms with Gasteiger partial charge >= 0.3 is 0 Å². The first-order chi connectivity index (χ1) is 18.0. The zero-order chi connectivity index (χ0) is 27.9. The molecule has 7 nitrogen and oxygen atoms in total. The van der Waals surface area contributed by atoms with Gasteiger partial charge in [-0.3, -0.25) is 13.9 Å². The van der Waals surface area contributed by atoms with E-state index in [4.69, 9.17) is 0 Å². The molecule has 0 aliphatic heterocycles. The number of benzene rings is 2. The summed E-state index contributed by atoms with van der Waals surface area (Å²) >= 11 is 3.44. The minimum absolute atomic E-state index is 0.133. The van der Waals surface area contributed by atoms with Crippen LogP contribution in [0.15, 0.2) is 46.9 Å². The quantitative estimate of drug-likeness (QED) is 0.367. The Bertz CT molecular complexity index is 1210. The lowest BCUT2D eigenvalue weighted by Crippen LogP contribution is -2.50. The van der Waals surface area contributed by atoms with Gasteiger partial charge in [-0.2, -0.15) is 0 Å². The standard InChI is InChI=1S/C29H40BrN3O4S/c1-21-10-8-13-27(22(21)2)33(38(4,36)37)19-9-14-28(34)32(20-24-15-17-25(30)18-16-24)23(3)29(35)31-26-11-6-5-7-12-26/h8,10,13,15-18,23,26H,5-7,9,11-12,14,19-20H2,1-4H3,(H,31,35)/t23-/m0/s1. The summed E-state index contributed by atoms with van der Waals surface area (Å²) in [5, 5.41) is 3.15. The molecule has 2 aromatic carbocycles. The number of rotatable bonds is 11. The van der Waals surface area contributed by atoms with Gasteiger partial charge in [-0.1, -0.05) is 59.5 Å². The number of aryl methyl sites for hydroxylation is 1. The summed E-state index contributed by atoms with van der Waals surface area (Å²) in [5.74, 6) is -0.316. The number of amides is 2. The summed E-state index contributed by atoms with van der Waals surface area (Å²) in [7, 11) is -3.53. The van der Waals surface area contributed by atoms with Crippen LogP contribution in [0.4, 0.5) is 5.69 Å². The van der Waals surface area contributed by atoms with Crippen molar-refractivity contribution in [1.29, 1.82) is 0 Å². The van der Waals surface area contributed by atoms with E-state index < -0.39 is 16.1 Å². The van der Waals surface area contributed by atoms with Crippen LogP contribution in [-0.2, 0) is 26.2 Å². The van der Waals surface area contributed by atoms with Crippen molar-refractivity contribution < 1.29 is 18.0 Å². The Morgan fingerprint density at radius 1 is 1.05 bits per heavy atom. The zero-order valence-electron chi connectivity index (χ0n) is 22.9. The lowest BCUT2D eigenvalue weighted by molar-refractivity contribution is -0.141. The molecule has 2 aromatic rings. The Balaban J connectivity index is 1.73. The van der Waals surface area contributed by atoms with Crippen molar-refractivity contribution in [3.8, 4) is 0 Å². The first kappa shape index (κ1) is 30.2. The Morgan fingerprint density at radius 3 is 2.34 bits per heavy atom. The second kappa shape index (κ2) is 13.6. The molecule has 0 heterocycles. The minimum atomic E-state index is -3.53. The van der Waals surface area contributed by atoms with Crippen molar-refractivity contribution in [3.05, 3.63) is 63.6 Å². The summed E-state index contributed by atoms with van der Waals surface area (Å²) in [6.45, 7) is 6.11. The third kappa shape index (κ3) is 8.30. The molecule has 208 valence electrons. The van der Waals surface area contributed by atoms with Gasteiger partial charge in [0.1, 0.15) is 6.04 Å². The number of carbonyl (C=O) groups is 2.